The minimum Gasteiger partial charge on any atom is -0.351 e. The van der Waals surface area contributed by atoms with Crippen molar-refractivity contribution in [3.05, 3.63) is 29.6 Å². The molecule has 0 fully saturated rings. The van der Waals surface area contributed by atoms with Gasteiger partial charge in [0, 0.05) is 17.0 Å². The molecule has 26 heavy (non-hydrogen) atoms. The average Bonchev–Trinajstić information content (AvgIpc) is 3.14. The van der Waals surface area contributed by atoms with Crippen LogP contribution in [0.5, 0.6) is 0 Å². The topological polar surface area (TPSA) is 180 Å². The van der Waals surface area contributed by atoms with Crippen molar-refractivity contribution in [2.45, 2.75) is 13.8 Å². The minimum atomic E-state index is -0.814. The maximum Gasteiger partial charge on any atom is 0.317 e. The zero-order chi connectivity index (χ0) is 18.8. The van der Waals surface area contributed by atoms with Crippen LogP contribution in [-0.2, 0) is 0 Å². The van der Waals surface area contributed by atoms with Crippen molar-refractivity contribution >= 4 is 23.7 Å². The van der Waals surface area contributed by atoms with Crippen LogP contribution in [0.4, 0.5) is 21.2 Å². The fourth-order valence-electron chi connectivity index (χ4n) is 2.51. The lowest BCUT2D eigenvalue weighted by Gasteiger charge is -2.14. The molecule has 3 rings (SSSR count). The maximum absolute atomic E-state index is 11.5. The number of urea groups is 2. The second-order valence-corrected chi connectivity index (χ2v) is 5.63. The standard InChI is InChI=1S/C15H17N9O2/c1-6-3-9(23-21-6)8-5-11(19-14(16)25)18-13(20-15(17)26)12(8)10-4-7(2)22-24-10/h3-5H,1-2H3,(H,21,23)(H,22,24)(H6,16,17,18,19,20,25,26). The van der Waals surface area contributed by atoms with E-state index < -0.39 is 12.1 Å². The number of aromatic nitrogens is 5. The van der Waals surface area contributed by atoms with E-state index in [1.54, 1.807) is 18.2 Å². The monoisotopic (exact) mass is 355 g/mol. The number of H-pyrrole nitrogens is 2. The SMILES string of the molecule is Cc1cc(-c2cc(NC(N)=O)nc(NC(N)=O)c2-c2cc(C)[nH]n2)n[nH]1. The Hall–Kier alpha value is -3.89. The Morgan fingerprint density at radius 2 is 1.50 bits per heavy atom. The van der Waals surface area contributed by atoms with Crippen LogP contribution in [0.25, 0.3) is 22.5 Å². The number of aryl methyl sites for hydroxylation is 2. The quantitative estimate of drug-likeness (QED) is 0.413. The number of amides is 4. The molecule has 11 nitrogen and oxygen atoms in total. The lowest BCUT2D eigenvalue weighted by Crippen LogP contribution is -2.23. The van der Waals surface area contributed by atoms with Gasteiger partial charge >= 0.3 is 12.1 Å². The molecular weight excluding hydrogens is 338 g/mol. The zero-order valence-corrected chi connectivity index (χ0v) is 14.0. The molecule has 0 radical (unpaired) electrons. The first-order chi connectivity index (χ1) is 12.3. The first-order valence-electron chi connectivity index (χ1n) is 7.56. The first kappa shape index (κ1) is 17.0. The van der Waals surface area contributed by atoms with Crippen LogP contribution in [0.1, 0.15) is 11.4 Å². The second kappa shape index (κ2) is 6.55. The Labute approximate surface area is 147 Å². The summed E-state index contributed by atoms with van der Waals surface area (Å²) in [4.78, 5) is 26.9. The number of nitrogens with zero attached hydrogens (tertiary/aromatic N) is 3. The molecule has 3 heterocycles. The highest BCUT2D eigenvalue weighted by molar-refractivity contribution is 5.98. The molecule has 0 atom stereocenters. The highest BCUT2D eigenvalue weighted by Crippen LogP contribution is 2.37. The number of nitrogens with two attached hydrogens (primary N) is 2. The Morgan fingerprint density at radius 3 is 2.00 bits per heavy atom. The average molecular weight is 355 g/mol. The Kier molecular flexibility index (Phi) is 4.27. The van der Waals surface area contributed by atoms with Crippen molar-refractivity contribution in [2.75, 3.05) is 10.6 Å². The lowest BCUT2D eigenvalue weighted by atomic mass is 10.0. The van der Waals surface area contributed by atoms with E-state index in [9.17, 15) is 9.59 Å². The number of aromatic amines is 2. The van der Waals surface area contributed by atoms with E-state index in [1.807, 2.05) is 13.8 Å². The number of rotatable bonds is 4. The number of hydrogen-bond acceptors (Lipinski definition) is 5. The molecule has 134 valence electrons. The summed E-state index contributed by atoms with van der Waals surface area (Å²) < 4.78 is 0. The van der Waals surface area contributed by atoms with Crippen LogP contribution in [0.3, 0.4) is 0 Å². The van der Waals surface area contributed by atoms with E-state index in [2.05, 4.69) is 36.0 Å². The molecule has 0 aromatic carbocycles. The lowest BCUT2D eigenvalue weighted by molar-refractivity contribution is 0.258. The summed E-state index contributed by atoms with van der Waals surface area (Å²) >= 11 is 0. The van der Waals surface area contributed by atoms with Gasteiger partial charge in [0.1, 0.15) is 11.6 Å². The fraction of sp³-hybridized carbons (Fsp3) is 0.133. The summed E-state index contributed by atoms with van der Waals surface area (Å²) in [6, 6.07) is 3.57. The van der Waals surface area contributed by atoms with Crippen LogP contribution >= 0.6 is 0 Å². The number of carbonyl (C=O) groups excluding carboxylic acids is 2. The van der Waals surface area contributed by atoms with Crippen LogP contribution in [0, 0.1) is 13.8 Å². The Balaban J connectivity index is 2.29. The maximum atomic E-state index is 11.5. The molecule has 0 aliphatic carbocycles. The molecule has 0 aliphatic rings. The number of hydrogen-bond donors (Lipinski definition) is 6. The molecular formula is C15H17N9O2. The van der Waals surface area contributed by atoms with E-state index in [1.165, 1.54) is 0 Å². The van der Waals surface area contributed by atoms with Gasteiger partial charge in [-0.05, 0) is 32.0 Å². The predicted octanol–water partition coefficient (Wildman–Crippen LogP) is 1.46. The number of primary amides is 2. The Bertz CT molecular complexity index is 989. The van der Waals surface area contributed by atoms with Gasteiger partial charge in [-0.2, -0.15) is 10.2 Å². The summed E-state index contributed by atoms with van der Waals surface area (Å²) in [5.41, 5.74) is 14.3. The van der Waals surface area contributed by atoms with Gasteiger partial charge in [0.05, 0.1) is 17.0 Å². The molecule has 3 aromatic rings. The first-order valence-corrected chi connectivity index (χ1v) is 7.56. The van der Waals surface area contributed by atoms with Gasteiger partial charge < -0.3 is 11.5 Å². The molecule has 0 bridgehead atoms. The minimum absolute atomic E-state index is 0.117. The Morgan fingerprint density at radius 1 is 0.923 bits per heavy atom. The number of nitrogens with one attached hydrogen (secondary N) is 4. The van der Waals surface area contributed by atoms with Crippen LogP contribution in [0.2, 0.25) is 0 Å². The molecule has 0 unspecified atom stereocenters. The van der Waals surface area contributed by atoms with E-state index in [0.29, 0.717) is 22.5 Å². The van der Waals surface area contributed by atoms with Gasteiger partial charge in [0.2, 0.25) is 0 Å². The molecule has 0 spiro atoms. The van der Waals surface area contributed by atoms with E-state index >= 15 is 0 Å². The van der Waals surface area contributed by atoms with Gasteiger partial charge in [-0.25, -0.2) is 14.6 Å². The number of carbonyl (C=O) groups is 2. The molecule has 3 aromatic heterocycles. The summed E-state index contributed by atoms with van der Waals surface area (Å²) in [5.74, 6) is 0.249. The van der Waals surface area contributed by atoms with Crippen LogP contribution in [0.15, 0.2) is 18.2 Å². The zero-order valence-electron chi connectivity index (χ0n) is 14.0. The molecule has 4 amide bonds. The highest BCUT2D eigenvalue weighted by Gasteiger charge is 2.21. The van der Waals surface area contributed by atoms with Gasteiger partial charge in [0.25, 0.3) is 0 Å². The predicted molar refractivity (Wildman–Crippen MR) is 95.3 cm³/mol. The molecule has 0 aliphatic heterocycles. The van der Waals surface area contributed by atoms with Crippen LogP contribution in [-0.4, -0.2) is 37.4 Å². The van der Waals surface area contributed by atoms with Gasteiger partial charge in [-0.3, -0.25) is 20.8 Å². The van der Waals surface area contributed by atoms with E-state index in [4.69, 9.17) is 11.5 Å². The van der Waals surface area contributed by atoms with Crippen LogP contribution < -0.4 is 22.1 Å². The fourth-order valence-corrected chi connectivity index (χ4v) is 2.51. The third-order valence-electron chi connectivity index (χ3n) is 3.46. The summed E-state index contributed by atoms with van der Waals surface area (Å²) in [6.45, 7) is 3.69. The van der Waals surface area contributed by atoms with Crippen molar-refractivity contribution in [2.24, 2.45) is 11.5 Å². The summed E-state index contributed by atoms with van der Waals surface area (Å²) in [5, 5.41) is 19.0. The van der Waals surface area contributed by atoms with Crippen molar-refractivity contribution in [1.29, 1.82) is 0 Å². The molecule has 11 heteroatoms. The van der Waals surface area contributed by atoms with Gasteiger partial charge in [-0.1, -0.05) is 0 Å². The summed E-state index contributed by atoms with van der Waals surface area (Å²) in [7, 11) is 0. The van der Waals surface area contributed by atoms with E-state index in [-0.39, 0.29) is 11.6 Å². The highest BCUT2D eigenvalue weighted by atomic mass is 16.2. The third kappa shape index (κ3) is 3.45. The van der Waals surface area contributed by atoms with Crippen molar-refractivity contribution < 1.29 is 9.59 Å². The van der Waals surface area contributed by atoms with Gasteiger partial charge in [-0.15, -0.1) is 0 Å². The third-order valence-corrected chi connectivity index (χ3v) is 3.46. The molecule has 0 saturated heterocycles. The molecule has 8 N–H and O–H groups in total. The van der Waals surface area contributed by atoms with Crippen molar-refractivity contribution in [3.63, 3.8) is 0 Å². The molecule has 0 saturated carbocycles. The smallest absolute Gasteiger partial charge is 0.317 e. The van der Waals surface area contributed by atoms with Gasteiger partial charge in [0.15, 0.2) is 0 Å². The van der Waals surface area contributed by atoms with E-state index in [0.717, 1.165) is 11.4 Å². The summed E-state index contributed by atoms with van der Waals surface area (Å²) in [6.07, 6.45) is 0. The van der Waals surface area contributed by atoms with Crippen molar-refractivity contribution in [1.82, 2.24) is 25.4 Å². The number of pyridine rings is 1. The number of anilines is 2. The van der Waals surface area contributed by atoms with Crippen molar-refractivity contribution in [3.8, 4) is 22.5 Å². The second-order valence-electron chi connectivity index (χ2n) is 5.63. The largest absolute Gasteiger partial charge is 0.351 e. The normalized spacial score (nSPS) is 10.5.